The zero-order valence-electron chi connectivity index (χ0n) is 10.1. The van der Waals surface area contributed by atoms with Crippen molar-refractivity contribution >= 4 is 0 Å². The third kappa shape index (κ3) is 3.32. The molecule has 2 N–H and O–H groups in total. The Hall–Kier alpha value is -0.870. The molecule has 0 spiro atoms. The van der Waals surface area contributed by atoms with Gasteiger partial charge in [-0.2, -0.15) is 0 Å². The maximum absolute atomic E-state index is 5.85. The van der Waals surface area contributed by atoms with E-state index in [1.165, 1.54) is 0 Å². The van der Waals surface area contributed by atoms with E-state index in [-0.39, 0.29) is 6.04 Å². The first kappa shape index (κ1) is 12.2. The number of nitrogens with zero attached hydrogens (tertiary/aromatic N) is 3. The molecule has 1 aromatic rings. The summed E-state index contributed by atoms with van der Waals surface area (Å²) in [4.78, 5) is 6.44. The molecular weight excluding hydrogens is 188 g/mol. The van der Waals surface area contributed by atoms with E-state index in [2.05, 4.69) is 35.3 Å². The number of hydrogen-bond donors (Lipinski definition) is 1. The number of imidazole rings is 1. The quantitative estimate of drug-likeness (QED) is 0.795. The highest BCUT2D eigenvalue weighted by atomic mass is 15.2. The molecule has 1 unspecified atom stereocenters. The van der Waals surface area contributed by atoms with Crippen LogP contribution in [0.4, 0.5) is 0 Å². The molecule has 1 atom stereocenters. The molecule has 0 bridgehead atoms. The van der Waals surface area contributed by atoms with Crippen LogP contribution in [-0.2, 0) is 6.54 Å². The topological polar surface area (TPSA) is 47.1 Å². The van der Waals surface area contributed by atoms with Gasteiger partial charge in [-0.05, 0) is 27.8 Å². The van der Waals surface area contributed by atoms with E-state index in [0.29, 0.717) is 6.04 Å². The van der Waals surface area contributed by atoms with Gasteiger partial charge in [-0.3, -0.25) is 0 Å². The zero-order valence-corrected chi connectivity index (χ0v) is 10.1. The average molecular weight is 210 g/mol. The van der Waals surface area contributed by atoms with Crippen LogP contribution in [0.2, 0.25) is 0 Å². The summed E-state index contributed by atoms with van der Waals surface area (Å²) in [6.07, 6.45) is 3.70. The normalized spacial score (nSPS) is 13.8. The van der Waals surface area contributed by atoms with E-state index in [4.69, 9.17) is 5.73 Å². The monoisotopic (exact) mass is 210 g/mol. The average Bonchev–Trinajstić information content (AvgIpc) is 2.61. The van der Waals surface area contributed by atoms with Crippen LogP contribution < -0.4 is 5.73 Å². The lowest BCUT2D eigenvalue weighted by Gasteiger charge is -2.21. The molecule has 0 aliphatic heterocycles. The summed E-state index contributed by atoms with van der Waals surface area (Å²) in [6, 6.07) is 0.629. The summed E-state index contributed by atoms with van der Waals surface area (Å²) in [5.74, 6) is 0. The molecule has 0 radical (unpaired) electrons. The van der Waals surface area contributed by atoms with Crippen molar-refractivity contribution in [3.8, 4) is 0 Å². The summed E-state index contributed by atoms with van der Waals surface area (Å²) >= 11 is 0. The maximum Gasteiger partial charge on any atom is 0.0949 e. The van der Waals surface area contributed by atoms with Crippen LogP contribution in [0.25, 0.3) is 0 Å². The molecule has 0 aliphatic carbocycles. The SMILES string of the molecule is CC(N)c1cncn1CCN(C)C(C)C. The molecule has 0 saturated heterocycles. The highest BCUT2D eigenvalue weighted by Crippen LogP contribution is 2.08. The lowest BCUT2D eigenvalue weighted by molar-refractivity contribution is 0.261. The molecule has 15 heavy (non-hydrogen) atoms. The molecule has 0 fully saturated rings. The van der Waals surface area contributed by atoms with Gasteiger partial charge in [-0.25, -0.2) is 4.98 Å². The highest BCUT2D eigenvalue weighted by Gasteiger charge is 2.08. The Morgan fingerprint density at radius 3 is 2.67 bits per heavy atom. The van der Waals surface area contributed by atoms with Crippen molar-refractivity contribution < 1.29 is 0 Å². The second-order valence-electron chi connectivity index (χ2n) is 4.37. The smallest absolute Gasteiger partial charge is 0.0949 e. The Labute approximate surface area is 92.1 Å². The molecule has 1 aromatic heterocycles. The highest BCUT2D eigenvalue weighted by molar-refractivity contribution is 5.03. The van der Waals surface area contributed by atoms with Crippen molar-refractivity contribution in [3.05, 3.63) is 18.2 Å². The van der Waals surface area contributed by atoms with Gasteiger partial charge in [0.25, 0.3) is 0 Å². The van der Waals surface area contributed by atoms with Crippen LogP contribution in [0, 0.1) is 0 Å². The van der Waals surface area contributed by atoms with Gasteiger partial charge in [-0.1, -0.05) is 0 Å². The minimum atomic E-state index is 0.0526. The van der Waals surface area contributed by atoms with Gasteiger partial charge in [-0.15, -0.1) is 0 Å². The summed E-state index contributed by atoms with van der Waals surface area (Å²) in [7, 11) is 2.13. The van der Waals surface area contributed by atoms with E-state index >= 15 is 0 Å². The number of aromatic nitrogens is 2. The summed E-state index contributed by atoms with van der Waals surface area (Å²) in [5.41, 5.74) is 6.95. The molecule has 0 aromatic carbocycles. The van der Waals surface area contributed by atoms with Gasteiger partial charge in [0.1, 0.15) is 0 Å². The first-order valence-corrected chi connectivity index (χ1v) is 5.48. The minimum absolute atomic E-state index is 0.0526. The van der Waals surface area contributed by atoms with E-state index in [9.17, 15) is 0 Å². The molecule has 0 saturated carbocycles. The van der Waals surface area contributed by atoms with Crippen molar-refractivity contribution in [1.29, 1.82) is 0 Å². The largest absolute Gasteiger partial charge is 0.332 e. The molecule has 4 nitrogen and oxygen atoms in total. The van der Waals surface area contributed by atoms with Gasteiger partial charge in [0, 0.05) is 31.4 Å². The van der Waals surface area contributed by atoms with Gasteiger partial charge in [0.05, 0.1) is 12.0 Å². The van der Waals surface area contributed by atoms with Gasteiger partial charge in [0.2, 0.25) is 0 Å². The van der Waals surface area contributed by atoms with Crippen LogP contribution in [0.5, 0.6) is 0 Å². The van der Waals surface area contributed by atoms with Gasteiger partial charge >= 0.3 is 0 Å². The Morgan fingerprint density at radius 2 is 2.13 bits per heavy atom. The van der Waals surface area contributed by atoms with Crippen LogP contribution in [0.3, 0.4) is 0 Å². The third-order valence-corrected chi connectivity index (χ3v) is 2.79. The van der Waals surface area contributed by atoms with Crippen LogP contribution >= 0.6 is 0 Å². The molecule has 86 valence electrons. The lowest BCUT2D eigenvalue weighted by Crippen LogP contribution is -2.30. The first-order chi connectivity index (χ1) is 7.02. The number of rotatable bonds is 5. The fourth-order valence-corrected chi connectivity index (χ4v) is 1.42. The second kappa shape index (κ2) is 5.28. The summed E-state index contributed by atoms with van der Waals surface area (Å²) in [6.45, 7) is 8.35. The predicted molar refractivity (Wildman–Crippen MR) is 62.6 cm³/mol. The van der Waals surface area contributed by atoms with Crippen LogP contribution in [-0.4, -0.2) is 34.1 Å². The molecule has 4 heteroatoms. The van der Waals surface area contributed by atoms with Crippen molar-refractivity contribution in [2.75, 3.05) is 13.6 Å². The molecule has 1 heterocycles. The molecular formula is C11H22N4. The Kier molecular flexibility index (Phi) is 4.29. The predicted octanol–water partition coefficient (Wildman–Crippen LogP) is 1.24. The molecule has 0 amide bonds. The van der Waals surface area contributed by atoms with Crippen molar-refractivity contribution in [1.82, 2.24) is 14.5 Å². The van der Waals surface area contributed by atoms with Gasteiger partial charge in [0.15, 0.2) is 0 Å². The summed E-state index contributed by atoms with van der Waals surface area (Å²) in [5, 5.41) is 0. The second-order valence-corrected chi connectivity index (χ2v) is 4.37. The number of hydrogen-bond acceptors (Lipinski definition) is 3. The number of likely N-dealkylation sites (N-methyl/N-ethyl adjacent to an activating group) is 1. The van der Waals surface area contributed by atoms with E-state index in [0.717, 1.165) is 18.8 Å². The Morgan fingerprint density at radius 1 is 1.47 bits per heavy atom. The number of nitrogens with two attached hydrogens (primary N) is 1. The first-order valence-electron chi connectivity index (χ1n) is 5.48. The molecule has 1 rings (SSSR count). The van der Waals surface area contributed by atoms with E-state index in [1.807, 2.05) is 19.4 Å². The van der Waals surface area contributed by atoms with E-state index in [1.54, 1.807) is 0 Å². The van der Waals surface area contributed by atoms with Gasteiger partial charge < -0.3 is 15.2 Å². The van der Waals surface area contributed by atoms with Crippen LogP contribution in [0.1, 0.15) is 32.5 Å². The van der Waals surface area contributed by atoms with Crippen molar-refractivity contribution in [2.45, 2.75) is 39.4 Å². The zero-order chi connectivity index (χ0) is 11.4. The molecule has 0 aliphatic rings. The van der Waals surface area contributed by atoms with E-state index < -0.39 is 0 Å². The summed E-state index contributed by atoms with van der Waals surface area (Å²) < 4.78 is 2.13. The fourth-order valence-electron chi connectivity index (χ4n) is 1.42. The lowest BCUT2D eigenvalue weighted by atomic mass is 10.2. The Balaban J connectivity index is 2.54. The third-order valence-electron chi connectivity index (χ3n) is 2.79. The standard InChI is InChI=1S/C11H22N4/c1-9(2)14(4)5-6-15-8-13-7-11(15)10(3)12/h7-10H,5-6,12H2,1-4H3. The maximum atomic E-state index is 5.85. The van der Waals surface area contributed by atoms with Crippen molar-refractivity contribution in [3.63, 3.8) is 0 Å². The van der Waals surface area contributed by atoms with Crippen LogP contribution in [0.15, 0.2) is 12.5 Å². The van der Waals surface area contributed by atoms with Crippen molar-refractivity contribution in [2.24, 2.45) is 5.73 Å². The minimum Gasteiger partial charge on any atom is -0.332 e. The Bertz CT molecular complexity index is 291. The fraction of sp³-hybridized carbons (Fsp3) is 0.727.